The minimum absolute atomic E-state index is 0.0699. The first kappa shape index (κ1) is 19.5. The fourth-order valence-corrected chi connectivity index (χ4v) is 4.88. The van der Waals surface area contributed by atoms with E-state index in [4.69, 9.17) is 5.26 Å². The Balaban J connectivity index is 1.54. The lowest BCUT2D eigenvalue weighted by Crippen LogP contribution is -2.48. The molecule has 0 bridgehead atoms. The molecule has 0 amide bonds. The molecule has 0 spiro atoms. The second-order valence-corrected chi connectivity index (χ2v) is 8.46. The third-order valence-electron chi connectivity index (χ3n) is 4.83. The number of hydrogen-bond donors (Lipinski definition) is 0. The van der Waals surface area contributed by atoms with Gasteiger partial charge in [-0.2, -0.15) is 9.57 Å². The molecule has 142 valence electrons. The van der Waals surface area contributed by atoms with Crippen molar-refractivity contribution in [1.82, 2.24) is 9.21 Å². The van der Waals surface area contributed by atoms with Crippen molar-refractivity contribution in [3.63, 3.8) is 0 Å². The molecule has 1 fully saturated rings. The number of hydrogen-bond acceptors (Lipinski definition) is 4. The third kappa shape index (κ3) is 4.53. The van der Waals surface area contributed by atoms with Gasteiger partial charge in [-0.25, -0.2) is 12.8 Å². The Morgan fingerprint density at radius 1 is 1.00 bits per heavy atom. The van der Waals surface area contributed by atoms with Crippen LogP contribution in [0.25, 0.3) is 0 Å². The number of piperazine rings is 1. The van der Waals surface area contributed by atoms with Gasteiger partial charge in [0.15, 0.2) is 0 Å². The largest absolute Gasteiger partial charge is 0.301 e. The standard InChI is InChI=1S/C20H22FN3O2S/c21-19-9-3-1-6-17(19)8-5-11-23-12-14-24(15-13-23)27(25,26)20-10-4-2-7-18(20)16-22/h1-4,6-7,9-10H,5,8,11-15H2. The maximum absolute atomic E-state index is 13.7. The van der Waals surface area contributed by atoms with Crippen LogP contribution in [0, 0.1) is 17.1 Å². The summed E-state index contributed by atoms with van der Waals surface area (Å²) >= 11 is 0. The molecule has 0 unspecified atom stereocenters. The molecule has 5 nitrogen and oxygen atoms in total. The normalized spacial score (nSPS) is 16.1. The lowest BCUT2D eigenvalue weighted by molar-refractivity contribution is 0.186. The second-order valence-electron chi connectivity index (χ2n) is 6.55. The summed E-state index contributed by atoms with van der Waals surface area (Å²) < 4.78 is 40.7. The van der Waals surface area contributed by atoms with Crippen molar-refractivity contribution in [1.29, 1.82) is 5.26 Å². The first-order chi connectivity index (χ1) is 13.0. The number of nitrogens with zero attached hydrogens (tertiary/aromatic N) is 3. The molecule has 1 saturated heterocycles. The highest BCUT2D eigenvalue weighted by Gasteiger charge is 2.30. The summed E-state index contributed by atoms with van der Waals surface area (Å²) in [5.74, 6) is -0.176. The van der Waals surface area contributed by atoms with Gasteiger partial charge in [0.05, 0.1) is 10.5 Å². The molecule has 1 aliphatic rings. The van der Waals surface area contributed by atoms with Gasteiger partial charge in [0, 0.05) is 26.2 Å². The van der Waals surface area contributed by atoms with Crippen LogP contribution in [0.1, 0.15) is 17.5 Å². The van der Waals surface area contributed by atoms with E-state index in [0.29, 0.717) is 38.2 Å². The van der Waals surface area contributed by atoms with E-state index in [9.17, 15) is 12.8 Å². The Morgan fingerprint density at radius 2 is 1.67 bits per heavy atom. The lowest BCUT2D eigenvalue weighted by atomic mass is 10.1. The Bertz CT molecular complexity index is 932. The number of halogens is 1. The Hall–Kier alpha value is -2.27. The summed E-state index contributed by atoms with van der Waals surface area (Å²) in [4.78, 5) is 2.27. The fourth-order valence-electron chi connectivity index (χ4n) is 3.31. The molecule has 27 heavy (non-hydrogen) atoms. The van der Waals surface area contributed by atoms with Crippen molar-refractivity contribution in [2.24, 2.45) is 0 Å². The van der Waals surface area contributed by atoms with Gasteiger partial charge in [0.1, 0.15) is 11.9 Å². The SMILES string of the molecule is N#Cc1ccccc1S(=O)(=O)N1CCN(CCCc2ccccc2F)CC1. The van der Waals surface area contributed by atoms with E-state index in [-0.39, 0.29) is 16.3 Å². The second kappa shape index (κ2) is 8.61. The van der Waals surface area contributed by atoms with Crippen LogP contribution in [0.3, 0.4) is 0 Å². The van der Waals surface area contributed by atoms with E-state index < -0.39 is 10.0 Å². The number of nitriles is 1. The van der Waals surface area contributed by atoms with Crippen LogP contribution in [-0.4, -0.2) is 50.3 Å². The molecular weight excluding hydrogens is 365 g/mol. The minimum atomic E-state index is -3.66. The summed E-state index contributed by atoms with van der Waals surface area (Å²) in [6, 6.07) is 15.0. The van der Waals surface area contributed by atoms with E-state index in [0.717, 1.165) is 13.0 Å². The van der Waals surface area contributed by atoms with Crippen LogP contribution >= 0.6 is 0 Å². The van der Waals surface area contributed by atoms with Crippen LogP contribution in [0.2, 0.25) is 0 Å². The predicted molar refractivity (Wildman–Crippen MR) is 101 cm³/mol. The van der Waals surface area contributed by atoms with Gasteiger partial charge in [-0.3, -0.25) is 0 Å². The van der Waals surface area contributed by atoms with Crippen molar-refractivity contribution < 1.29 is 12.8 Å². The van der Waals surface area contributed by atoms with Gasteiger partial charge >= 0.3 is 0 Å². The summed E-state index contributed by atoms with van der Waals surface area (Å²) in [6.45, 7) is 2.84. The maximum Gasteiger partial charge on any atom is 0.244 e. The Kier molecular flexibility index (Phi) is 6.22. The van der Waals surface area contributed by atoms with E-state index in [2.05, 4.69) is 4.90 Å². The van der Waals surface area contributed by atoms with Crippen LogP contribution in [0.5, 0.6) is 0 Å². The molecule has 0 N–H and O–H groups in total. The zero-order valence-electron chi connectivity index (χ0n) is 15.0. The molecule has 1 heterocycles. The number of rotatable bonds is 6. The first-order valence-electron chi connectivity index (χ1n) is 8.97. The number of sulfonamides is 1. The monoisotopic (exact) mass is 387 g/mol. The minimum Gasteiger partial charge on any atom is -0.301 e. The highest BCUT2D eigenvalue weighted by Crippen LogP contribution is 2.21. The van der Waals surface area contributed by atoms with Crippen molar-refractivity contribution in [2.75, 3.05) is 32.7 Å². The maximum atomic E-state index is 13.7. The summed E-state index contributed by atoms with van der Waals surface area (Å²) in [5, 5.41) is 9.16. The fraction of sp³-hybridized carbons (Fsp3) is 0.350. The number of benzene rings is 2. The van der Waals surface area contributed by atoms with Crippen LogP contribution in [0.15, 0.2) is 53.4 Å². The van der Waals surface area contributed by atoms with Crippen molar-refractivity contribution in [3.8, 4) is 6.07 Å². The molecule has 0 radical (unpaired) electrons. The van der Waals surface area contributed by atoms with Gasteiger partial charge in [0.2, 0.25) is 10.0 Å². The quantitative estimate of drug-likeness (QED) is 0.764. The molecule has 1 aliphatic heterocycles. The molecule has 7 heteroatoms. The molecule has 2 aromatic rings. The molecule has 3 rings (SSSR count). The summed E-state index contributed by atoms with van der Waals surface area (Å²) in [7, 11) is -3.66. The highest BCUT2D eigenvalue weighted by molar-refractivity contribution is 7.89. The van der Waals surface area contributed by atoms with E-state index in [1.807, 2.05) is 12.1 Å². The molecule has 0 aliphatic carbocycles. The number of aryl methyl sites for hydroxylation is 1. The molecule has 0 atom stereocenters. The van der Waals surface area contributed by atoms with Gasteiger partial charge in [-0.1, -0.05) is 30.3 Å². The smallest absolute Gasteiger partial charge is 0.244 e. The van der Waals surface area contributed by atoms with Crippen molar-refractivity contribution in [2.45, 2.75) is 17.7 Å². The molecule has 0 aromatic heterocycles. The third-order valence-corrected chi connectivity index (χ3v) is 6.79. The average molecular weight is 387 g/mol. The van der Waals surface area contributed by atoms with E-state index >= 15 is 0 Å². The van der Waals surface area contributed by atoms with Gasteiger partial charge in [0.25, 0.3) is 0 Å². The van der Waals surface area contributed by atoms with E-state index in [1.165, 1.54) is 22.5 Å². The van der Waals surface area contributed by atoms with Crippen molar-refractivity contribution in [3.05, 3.63) is 65.5 Å². The summed E-state index contributed by atoms with van der Waals surface area (Å²) in [6.07, 6.45) is 1.49. The van der Waals surface area contributed by atoms with E-state index in [1.54, 1.807) is 24.3 Å². The predicted octanol–water partition coefficient (Wildman–Crippen LogP) is 2.64. The zero-order chi connectivity index (χ0) is 19.3. The van der Waals surface area contributed by atoms with Crippen LogP contribution < -0.4 is 0 Å². The molecule has 2 aromatic carbocycles. The average Bonchev–Trinajstić information content (AvgIpc) is 2.70. The van der Waals surface area contributed by atoms with Crippen LogP contribution in [-0.2, 0) is 16.4 Å². The Labute approximate surface area is 159 Å². The molecule has 0 saturated carbocycles. The molecular formula is C20H22FN3O2S. The highest BCUT2D eigenvalue weighted by atomic mass is 32.2. The van der Waals surface area contributed by atoms with Gasteiger partial charge in [-0.05, 0) is 43.1 Å². The van der Waals surface area contributed by atoms with Gasteiger partial charge in [-0.15, -0.1) is 0 Å². The Morgan fingerprint density at radius 3 is 2.37 bits per heavy atom. The lowest BCUT2D eigenvalue weighted by Gasteiger charge is -2.34. The summed E-state index contributed by atoms with van der Waals surface area (Å²) in [5.41, 5.74) is 0.886. The van der Waals surface area contributed by atoms with Crippen LogP contribution in [0.4, 0.5) is 4.39 Å². The topological polar surface area (TPSA) is 64.4 Å². The van der Waals surface area contributed by atoms with Gasteiger partial charge < -0.3 is 4.90 Å². The van der Waals surface area contributed by atoms with Crippen molar-refractivity contribution >= 4 is 10.0 Å². The zero-order valence-corrected chi connectivity index (χ0v) is 15.8. The first-order valence-corrected chi connectivity index (χ1v) is 10.4.